The maximum atomic E-state index is 13.9. The van der Waals surface area contributed by atoms with Gasteiger partial charge in [-0.25, -0.2) is 9.99 Å². The largest absolute Gasteiger partial charge is 0.272 e. The number of thioether (sulfide) groups is 1. The molecule has 1 N–H and O–H groups in total. The van der Waals surface area contributed by atoms with E-state index < -0.39 is 5.91 Å². The van der Waals surface area contributed by atoms with E-state index >= 15 is 0 Å². The Hall–Kier alpha value is -3.44. The Balaban J connectivity index is 1.37. The molecule has 1 aliphatic rings. The molecular formula is C30H19Br2ClN4O3S. The predicted molar refractivity (Wildman–Crippen MR) is 169 cm³/mol. The van der Waals surface area contributed by atoms with Crippen LogP contribution in [-0.4, -0.2) is 32.1 Å². The van der Waals surface area contributed by atoms with Crippen molar-refractivity contribution in [2.45, 2.75) is 5.37 Å². The van der Waals surface area contributed by atoms with Crippen LogP contribution in [0.2, 0.25) is 5.02 Å². The quantitative estimate of drug-likeness (QED) is 0.210. The number of rotatable bonds is 5. The zero-order chi connectivity index (χ0) is 28.7. The van der Waals surface area contributed by atoms with Crippen molar-refractivity contribution in [3.8, 4) is 17.1 Å². The zero-order valence-corrected chi connectivity index (χ0v) is 25.8. The lowest BCUT2D eigenvalue weighted by Crippen LogP contribution is -2.44. The lowest BCUT2D eigenvalue weighted by molar-refractivity contribution is -0.130. The topological polar surface area (TPSA) is 84.3 Å². The molecule has 4 aromatic carbocycles. The van der Waals surface area contributed by atoms with Crippen molar-refractivity contribution in [3.63, 3.8) is 0 Å². The zero-order valence-electron chi connectivity index (χ0n) is 21.1. The van der Waals surface area contributed by atoms with Crippen LogP contribution >= 0.6 is 55.2 Å². The maximum Gasteiger partial charge on any atom is 0.269 e. The van der Waals surface area contributed by atoms with Gasteiger partial charge in [-0.05, 0) is 82.2 Å². The second-order valence-electron chi connectivity index (χ2n) is 9.19. The van der Waals surface area contributed by atoms with Gasteiger partial charge in [0.15, 0.2) is 0 Å². The van der Waals surface area contributed by atoms with Crippen LogP contribution in [0.25, 0.3) is 28.0 Å². The van der Waals surface area contributed by atoms with E-state index in [1.54, 1.807) is 54.6 Å². The second kappa shape index (κ2) is 11.4. The molecule has 0 radical (unpaired) electrons. The molecule has 0 bridgehead atoms. The highest BCUT2D eigenvalue weighted by atomic mass is 79.9. The Morgan fingerprint density at radius 3 is 2.37 bits per heavy atom. The summed E-state index contributed by atoms with van der Waals surface area (Å²) in [7, 11) is 0. The molecule has 1 aliphatic heterocycles. The molecule has 2 heterocycles. The number of carbonyl (C=O) groups excluding carboxylic acids is 2. The molecule has 1 atom stereocenters. The number of hydrogen-bond acceptors (Lipinski definition) is 5. The Bertz CT molecular complexity index is 1870. The van der Waals surface area contributed by atoms with E-state index in [0.29, 0.717) is 43.0 Å². The molecule has 41 heavy (non-hydrogen) atoms. The SMILES string of the molecule is O=C(NN1C(=O)CSC1c1ccccc1)c1ccc(-n2c(-c3ccc(Cl)cc3)nc3c(Br)cc(Br)cc3c2=O)cc1. The van der Waals surface area contributed by atoms with E-state index in [1.807, 2.05) is 36.4 Å². The van der Waals surface area contributed by atoms with E-state index in [4.69, 9.17) is 16.6 Å². The molecule has 0 saturated carbocycles. The molecule has 0 spiro atoms. The number of benzene rings is 4. The summed E-state index contributed by atoms with van der Waals surface area (Å²) in [5, 5.41) is 2.05. The Morgan fingerprint density at radius 1 is 0.951 bits per heavy atom. The van der Waals surface area contributed by atoms with Crippen molar-refractivity contribution < 1.29 is 9.59 Å². The van der Waals surface area contributed by atoms with E-state index in [-0.39, 0.29) is 22.6 Å². The predicted octanol–water partition coefficient (Wildman–Crippen LogP) is 7.15. The number of nitrogens with one attached hydrogen (secondary N) is 1. The molecule has 204 valence electrons. The molecule has 1 saturated heterocycles. The summed E-state index contributed by atoms with van der Waals surface area (Å²) < 4.78 is 2.92. The minimum Gasteiger partial charge on any atom is -0.272 e. The molecule has 6 rings (SSSR count). The second-order valence-corrected chi connectivity index (χ2v) is 12.5. The van der Waals surface area contributed by atoms with Gasteiger partial charge in [-0.1, -0.05) is 57.9 Å². The first-order chi connectivity index (χ1) is 19.8. The molecule has 7 nitrogen and oxygen atoms in total. The van der Waals surface area contributed by atoms with Gasteiger partial charge in [0.1, 0.15) is 11.2 Å². The number of fused-ring (bicyclic) bond motifs is 1. The van der Waals surface area contributed by atoms with Gasteiger partial charge in [-0.2, -0.15) is 0 Å². The molecule has 1 aromatic heterocycles. The first kappa shape index (κ1) is 27.7. The van der Waals surface area contributed by atoms with Crippen molar-refractivity contribution >= 4 is 77.9 Å². The van der Waals surface area contributed by atoms with Gasteiger partial charge in [0.2, 0.25) is 0 Å². The molecule has 5 aromatic rings. The van der Waals surface area contributed by atoms with Crippen molar-refractivity contribution in [2.75, 3.05) is 5.75 Å². The fourth-order valence-electron chi connectivity index (χ4n) is 4.59. The maximum absolute atomic E-state index is 13.9. The summed E-state index contributed by atoms with van der Waals surface area (Å²) in [4.78, 5) is 44.5. The van der Waals surface area contributed by atoms with Gasteiger partial charge < -0.3 is 0 Å². The third kappa shape index (κ3) is 5.44. The van der Waals surface area contributed by atoms with Crippen LogP contribution in [0.1, 0.15) is 21.3 Å². The van der Waals surface area contributed by atoms with Crippen LogP contribution < -0.4 is 11.0 Å². The Labute approximate surface area is 260 Å². The number of aromatic nitrogens is 2. The standard InChI is InChI=1S/C30H19Br2ClN4O3S/c31-20-14-23-26(24(32)15-20)34-27(17-6-10-21(33)11-7-17)36(29(23)40)22-12-8-18(9-13-22)28(39)35-37-25(38)16-41-30(37)19-4-2-1-3-5-19/h1-15,30H,16H2,(H,35,39). The minimum absolute atomic E-state index is 0.174. The van der Waals surface area contributed by atoms with E-state index in [9.17, 15) is 14.4 Å². The van der Waals surface area contributed by atoms with Crippen LogP contribution in [0, 0.1) is 0 Å². The highest BCUT2D eigenvalue weighted by Crippen LogP contribution is 2.37. The number of hydrazine groups is 1. The van der Waals surface area contributed by atoms with Crippen molar-refractivity contribution in [1.29, 1.82) is 0 Å². The Kier molecular flexibility index (Phi) is 7.74. The summed E-state index contributed by atoms with van der Waals surface area (Å²) in [6.07, 6.45) is 0. The first-order valence-corrected chi connectivity index (χ1v) is 15.4. The molecule has 0 aliphatic carbocycles. The van der Waals surface area contributed by atoms with Gasteiger partial charge in [-0.15, -0.1) is 11.8 Å². The van der Waals surface area contributed by atoms with Crippen LogP contribution in [0.15, 0.2) is 105 Å². The fraction of sp³-hybridized carbons (Fsp3) is 0.0667. The smallest absolute Gasteiger partial charge is 0.269 e. The summed E-state index contributed by atoms with van der Waals surface area (Å²) in [5.41, 5.74) is 5.50. The normalized spacial score (nSPS) is 15.0. The van der Waals surface area contributed by atoms with Gasteiger partial charge >= 0.3 is 0 Å². The van der Waals surface area contributed by atoms with Gasteiger partial charge in [-0.3, -0.25) is 24.4 Å². The van der Waals surface area contributed by atoms with Crippen molar-refractivity contribution in [3.05, 3.63) is 126 Å². The van der Waals surface area contributed by atoms with Crippen LogP contribution in [-0.2, 0) is 4.79 Å². The third-order valence-electron chi connectivity index (χ3n) is 6.56. The average Bonchev–Trinajstić information content (AvgIpc) is 3.34. The van der Waals surface area contributed by atoms with E-state index in [1.165, 1.54) is 21.3 Å². The van der Waals surface area contributed by atoms with Crippen LogP contribution in [0.4, 0.5) is 0 Å². The first-order valence-electron chi connectivity index (χ1n) is 12.4. The van der Waals surface area contributed by atoms with Gasteiger partial charge in [0.25, 0.3) is 17.4 Å². The lowest BCUT2D eigenvalue weighted by atomic mass is 10.1. The number of carbonyl (C=O) groups is 2. The summed E-state index contributed by atoms with van der Waals surface area (Å²) in [5.74, 6) is 0.0940. The lowest BCUT2D eigenvalue weighted by Gasteiger charge is -2.24. The monoisotopic (exact) mass is 708 g/mol. The third-order valence-corrected chi connectivity index (χ3v) is 9.08. The fourth-order valence-corrected chi connectivity index (χ4v) is 7.14. The summed E-state index contributed by atoms with van der Waals surface area (Å²) >= 11 is 14.6. The molecular weight excluding hydrogens is 692 g/mol. The molecule has 11 heteroatoms. The molecule has 2 amide bonds. The molecule has 1 fully saturated rings. The summed E-state index contributed by atoms with van der Waals surface area (Å²) in [6.45, 7) is 0. The average molecular weight is 711 g/mol. The summed E-state index contributed by atoms with van der Waals surface area (Å²) in [6, 6.07) is 26.8. The highest BCUT2D eigenvalue weighted by Gasteiger charge is 2.34. The number of amides is 2. The van der Waals surface area contributed by atoms with E-state index in [2.05, 4.69) is 37.3 Å². The highest BCUT2D eigenvalue weighted by molar-refractivity contribution is 9.11. The van der Waals surface area contributed by atoms with Crippen LogP contribution in [0.5, 0.6) is 0 Å². The Morgan fingerprint density at radius 2 is 1.66 bits per heavy atom. The van der Waals surface area contributed by atoms with Crippen molar-refractivity contribution in [2.24, 2.45) is 0 Å². The van der Waals surface area contributed by atoms with Crippen molar-refractivity contribution in [1.82, 2.24) is 20.0 Å². The van der Waals surface area contributed by atoms with Gasteiger partial charge in [0.05, 0.1) is 22.3 Å². The van der Waals surface area contributed by atoms with Gasteiger partial charge in [0, 0.05) is 25.1 Å². The number of hydrogen-bond donors (Lipinski definition) is 1. The number of halogens is 3. The van der Waals surface area contributed by atoms with E-state index in [0.717, 1.165) is 10.0 Å². The number of nitrogens with zero attached hydrogens (tertiary/aromatic N) is 3. The minimum atomic E-state index is -0.428. The van der Waals surface area contributed by atoms with Crippen LogP contribution in [0.3, 0.4) is 0 Å². The molecule has 1 unspecified atom stereocenters.